The van der Waals surface area contributed by atoms with Crippen molar-refractivity contribution in [2.75, 3.05) is 13.1 Å². The predicted octanol–water partition coefficient (Wildman–Crippen LogP) is 3.99. The fraction of sp³-hybridized carbons (Fsp3) is 0.632. The van der Waals surface area contributed by atoms with Crippen molar-refractivity contribution in [3.63, 3.8) is 0 Å². The van der Waals surface area contributed by atoms with E-state index in [-0.39, 0.29) is 5.54 Å². The van der Waals surface area contributed by atoms with E-state index < -0.39 is 0 Å². The van der Waals surface area contributed by atoms with Gasteiger partial charge >= 0.3 is 0 Å². The van der Waals surface area contributed by atoms with Gasteiger partial charge in [-0.25, -0.2) is 0 Å². The second-order valence-corrected chi connectivity index (χ2v) is 7.08. The monoisotopic (exact) mass is 287 g/mol. The second kappa shape index (κ2) is 6.31. The quantitative estimate of drug-likeness (QED) is 0.834. The summed E-state index contributed by atoms with van der Waals surface area (Å²) >= 11 is 0. The summed E-state index contributed by atoms with van der Waals surface area (Å²) in [6, 6.07) is 4.37. The van der Waals surface area contributed by atoms with Crippen LogP contribution in [0.25, 0.3) is 0 Å². The number of likely N-dealkylation sites (tertiary alicyclic amines) is 1. The Hall–Kier alpha value is -1.15. The summed E-state index contributed by atoms with van der Waals surface area (Å²) in [6.07, 6.45) is 4.30. The SMILES string of the molecule is Cc1cc(C)c(CC(=O)C(C)(C)N2CCCCC2)c(C)c1. The number of Topliss-reactive ketones (excluding diaryl/α,β-unsaturated/α-hetero) is 1. The van der Waals surface area contributed by atoms with E-state index >= 15 is 0 Å². The lowest BCUT2D eigenvalue weighted by Crippen LogP contribution is -2.52. The predicted molar refractivity (Wildman–Crippen MR) is 88.9 cm³/mol. The van der Waals surface area contributed by atoms with Gasteiger partial charge in [0.2, 0.25) is 0 Å². The van der Waals surface area contributed by atoms with Crippen LogP contribution in [0.15, 0.2) is 12.1 Å². The molecule has 1 heterocycles. The van der Waals surface area contributed by atoms with Gasteiger partial charge in [0.15, 0.2) is 5.78 Å². The summed E-state index contributed by atoms with van der Waals surface area (Å²) in [5.74, 6) is 0.347. The van der Waals surface area contributed by atoms with E-state index in [9.17, 15) is 4.79 Å². The zero-order valence-electron chi connectivity index (χ0n) is 14.3. The van der Waals surface area contributed by atoms with Crippen LogP contribution >= 0.6 is 0 Å². The first-order chi connectivity index (χ1) is 9.82. The van der Waals surface area contributed by atoms with Crippen LogP contribution < -0.4 is 0 Å². The standard InChI is InChI=1S/C19H29NO/c1-14-11-15(2)17(16(3)12-14)13-18(21)19(4,5)20-9-7-6-8-10-20/h11-12H,6-10,13H2,1-5H3. The maximum absolute atomic E-state index is 12.9. The fourth-order valence-corrected chi connectivity index (χ4v) is 3.49. The Morgan fingerprint density at radius 1 is 1.05 bits per heavy atom. The third kappa shape index (κ3) is 3.55. The third-order valence-corrected chi connectivity index (χ3v) is 5.01. The lowest BCUT2D eigenvalue weighted by atomic mass is 9.87. The number of hydrogen-bond donors (Lipinski definition) is 0. The molecule has 0 spiro atoms. The van der Waals surface area contributed by atoms with Crippen LogP contribution in [0.3, 0.4) is 0 Å². The van der Waals surface area contributed by atoms with E-state index in [4.69, 9.17) is 0 Å². The Morgan fingerprint density at radius 2 is 1.57 bits per heavy atom. The van der Waals surface area contributed by atoms with Crippen molar-refractivity contribution in [1.29, 1.82) is 0 Å². The summed E-state index contributed by atoms with van der Waals surface area (Å²) in [5, 5.41) is 0. The van der Waals surface area contributed by atoms with Crippen LogP contribution in [-0.4, -0.2) is 29.3 Å². The molecule has 0 aliphatic carbocycles. The van der Waals surface area contributed by atoms with Gasteiger partial charge in [0.1, 0.15) is 0 Å². The number of benzene rings is 1. The summed E-state index contributed by atoms with van der Waals surface area (Å²) in [7, 11) is 0. The maximum Gasteiger partial charge on any atom is 0.156 e. The molecule has 1 fully saturated rings. The molecule has 1 aromatic rings. The summed E-state index contributed by atoms with van der Waals surface area (Å²) in [5.41, 5.74) is 4.64. The molecule has 1 aliphatic rings. The van der Waals surface area contributed by atoms with Crippen molar-refractivity contribution in [3.8, 4) is 0 Å². The van der Waals surface area contributed by atoms with Gasteiger partial charge in [0.25, 0.3) is 0 Å². The second-order valence-electron chi connectivity index (χ2n) is 7.08. The minimum absolute atomic E-state index is 0.343. The first-order valence-corrected chi connectivity index (χ1v) is 8.17. The highest BCUT2D eigenvalue weighted by Gasteiger charge is 2.34. The first-order valence-electron chi connectivity index (χ1n) is 8.17. The zero-order chi connectivity index (χ0) is 15.6. The Bertz CT molecular complexity index is 501. The van der Waals surface area contributed by atoms with E-state index in [1.165, 1.54) is 41.5 Å². The number of piperidine rings is 1. The van der Waals surface area contributed by atoms with Crippen LogP contribution in [0.1, 0.15) is 55.4 Å². The molecule has 2 rings (SSSR count). The Labute approximate surface area is 129 Å². The Morgan fingerprint density at radius 3 is 2.10 bits per heavy atom. The minimum Gasteiger partial charge on any atom is -0.297 e. The molecule has 1 aromatic carbocycles. The van der Waals surface area contributed by atoms with Crippen molar-refractivity contribution in [3.05, 3.63) is 34.4 Å². The van der Waals surface area contributed by atoms with Crippen LogP contribution in [0.4, 0.5) is 0 Å². The average molecular weight is 287 g/mol. The third-order valence-electron chi connectivity index (χ3n) is 5.01. The number of aryl methyl sites for hydroxylation is 3. The highest BCUT2D eigenvalue weighted by Crippen LogP contribution is 2.25. The number of carbonyl (C=O) groups is 1. The van der Waals surface area contributed by atoms with Crippen molar-refractivity contribution < 1.29 is 4.79 Å². The zero-order valence-corrected chi connectivity index (χ0v) is 14.3. The minimum atomic E-state index is -0.343. The van der Waals surface area contributed by atoms with Gasteiger partial charge in [-0.3, -0.25) is 9.69 Å². The van der Waals surface area contributed by atoms with Crippen molar-refractivity contribution in [2.24, 2.45) is 0 Å². The Kier molecular flexibility index (Phi) is 4.88. The molecule has 0 saturated carbocycles. The van der Waals surface area contributed by atoms with Gasteiger partial charge in [-0.05, 0) is 77.2 Å². The molecular formula is C19H29NO. The molecular weight excluding hydrogens is 258 g/mol. The molecule has 21 heavy (non-hydrogen) atoms. The molecule has 0 N–H and O–H groups in total. The van der Waals surface area contributed by atoms with E-state index in [0.717, 1.165) is 13.1 Å². The van der Waals surface area contributed by atoms with Gasteiger partial charge in [-0.1, -0.05) is 24.1 Å². The molecule has 0 amide bonds. The summed E-state index contributed by atoms with van der Waals surface area (Å²) in [4.78, 5) is 15.3. The molecule has 1 saturated heterocycles. The van der Waals surface area contributed by atoms with Crippen molar-refractivity contribution >= 4 is 5.78 Å². The molecule has 116 valence electrons. The molecule has 0 bridgehead atoms. The van der Waals surface area contributed by atoms with Gasteiger partial charge in [-0.15, -0.1) is 0 Å². The largest absolute Gasteiger partial charge is 0.297 e. The first kappa shape index (κ1) is 16.2. The van der Waals surface area contributed by atoms with Crippen molar-refractivity contribution in [2.45, 2.75) is 65.8 Å². The lowest BCUT2D eigenvalue weighted by molar-refractivity contribution is -0.129. The van der Waals surface area contributed by atoms with Crippen LogP contribution in [0, 0.1) is 20.8 Å². The highest BCUT2D eigenvalue weighted by molar-refractivity contribution is 5.90. The van der Waals surface area contributed by atoms with E-state index in [2.05, 4.69) is 51.7 Å². The van der Waals surface area contributed by atoms with Crippen molar-refractivity contribution in [1.82, 2.24) is 4.90 Å². The smallest absolute Gasteiger partial charge is 0.156 e. The van der Waals surface area contributed by atoms with Gasteiger partial charge in [-0.2, -0.15) is 0 Å². The van der Waals surface area contributed by atoms with Gasteiger partial charge in [0.05, 0.1) is 5.54 Å². The van der Waals surface area contributed by atoms with Crippen LogP contribution in [-0.2, 0) is 11.2 Å². The molecule has 0 radical (unpaired) electrons. The molecule has 1 aliphatic heterocycles. The molecule has 2 heteroatoms. The van der Waals surface area contributed by atoms with E-state index in [0.29, 0.717) is 12.2 Å². The van der Waals surface area contributed by atoms with Gasteiger partial charge < -0.3 is 0 Å². The highest BCUT2D eigenvalue weighted by atomic mass is 16.1. The lowest BCUT2D eigenvalue weighted by Gasteiger charge is -2.40. The normalized spacial score (nSPS) is 17.0. The number of ketones is 1. The van der Waals surface area contributed by atoms with E-state index in [1.807, 2.05) is 0 Å². The number of hydrogen-bond acceptors (Lipinski definition) is 2. The molecule has 0 unspecified atom stereocenters. The molecule has 2 nitrogen and oxygen atoms in total. The van der Waals surface area contributed by atoms with E-state index in [1.54, 1.807) is 0 Å². The molecule has 0 atom stereocenters. The summed E-state index contributed by atoms with van der Waals surface area (Å²) in [6.45, 7) is 12.7. The number of rotatable bonds is 4. The maximum atomic E-state index is 12.9. The summed E-state index contributed by atoms with van der Waals surface area (Å²) < 4.78 is 0. The number of nitrogens with zero attached hydrogens (tertiary/aromatic N) is 1. The van der Waals surface area contributed by atoms with Crippen LogP contribution in [0.2, 0.25) is 0 Å². The number of carbonyl (C=O) groups excluding carboxylic acids is 1. The Balaban J connectivity index is 2.17. The molecule has 0 aromatic heterocycles. The van der Waals surface area contributed by atoms with Crippen LogP contribution in [0.5, 0.6) is 0 Å². The fourth-order valence-electron chi connectivity index (χ4n) is 3.49. The van der Waals surface area contributed by atoms with Gasteiger partial charge in [0, 0.05) is 6.42 Å². The topological polar surface area (TPSA) is 20.3 Å². The average Bonchev–Trinajstić information content (AvgIpc) is 2.43.